The molecule has 1 fully saturated rings. The average molecular weight is 274 g/mol. The molecule has 0 amide bonds. The lowest BCUT2D eigenvalue weighted by Crippen LogP contribution is -2.49. The molecular weight excluding hydrogens is 260 g/mol. The van der Waals surface area contributed by atoms with Crippen molar-refractivity contribution in [2.24, 2.45) is 0 Å². The highest BCUT2D eigenvalue weighted by Gasteiger charge is 2.38. The minimum atomic E-state index is -0.409. The van der Waals surface area contributed by atoms with Gasteiger partial charge in [0.15, 0.2) is 17.2 Å². The Kier molecular flexibility index (Phi) is 2.35. The van der Waals surface area contributed by atoms with E-state index < -0.39 is 5.97 Å². The van der Waals surface area contributed by atoms with Crippen LogP contribution in [-0.2, 0) is 4.74 Å². The Morgan fingerprint density at radius 2 is 2.50 bits per heavy atom. The lowest BCUT2D eigenvalue weighted by atomic mass is 9.88. The van der Waals surface area contributed by atoms with E-state index in [9.17, 15) is 4.79 Å². The molecule has 2 aromatic rings. The number of anilines is 1. The van der Waals surface area contributed by atoms with Gasteiger partial charge in [-0.15, -0.1) is 0 Å². The number of nitrogens with one attached hydrogen (secondary N) is 1. The van der Waals surface area contributed by atoms with Gasteiger partial charge < -0.3 is 14.8 Å². The van der Waals surface area contributed by atoms with Gasteiger partial charge in [-0.1, -0.05) is 0 Å². The summed E-state index contributed by atoms with van der Waals surface area (Å²) in [5.74, 6) is 0.939. The van der Waals surface area contributed by atoms with Crippen LogP contribution in [0.3, 0.4) is 0 Å². The van der Waals surface area contributed by atoms with Crippen LogP contribution in [0.4, 0.5) is 5.82 Å². The van der Waals surface area contributed by atoms with E-state index in [1.54, 1.807) is 17.6 Å². The van der Waals surface area contributed by atoms with Crippen LogP contribution in [0.15, 0.2) is 12.4 Å². The van der Waals surface area contributed by atoms with E-state index in [1.807, 2.05) is 0 Å². The largest absolute Gasteiger partial charge is 0.483 e. The first-order chi connectivity index (χ1) is 9.76. The summed E-state index contributed by atoms with van der Waals surface area (Å²) in [6, 6.07) is 0.325. The molecule has 0 spiro atoms. The van der Waals surface area contributed by atoms with Crippen molar-refractivity contribution in [1.29, 1.82) is 0 Å². The first kappa shape index (κ1) is 11.5. The van der Waals surface area contributed by atoms with Crippen molar-refractivity contribution in [3.63, 3.8) is 0 Å². The Hall–Kier alpha value is -2.31. The van der Waals surface area contributed by atoms with Crippen molar-refractivity contribution in [2.45, 2.75) is 31.9 Å². The minimum Gasteiger partial charge on any atom is -0.483 e. The number of esters is 1. The number of carbonyl (C=O) groups is 1. The molecule has 1 saturated carbocycles. The summed E-state index contributed by atoms with van der Waals surface area (Å²) in [4.78, 5) is 16.3. The molecule has 20 heavy (non-hydrogen) atoms. The standard InChI is InChI=1S/C13H14N4O3/c1-2-19-13(18)7-5-14-17-6-10-11(16-12(7)17)15-8-3-4-9(8)20-10/h5-6,8-9H,2-4H2,1H3,(H,15,16). The summed E-state index contributed by atoms with van der Waals surface area (Å²) in [7, 11) is 0. The molecule has 7 heteroatoms. The van der Waals surface area contributed by atoms with Crippen LogP contribution in [0.25, 0.3) is 5.65 Å². The summed E-state index contributed by atoms with van der Waals surface area (Å²) in [5.41, 5.74) is 0.850. The Balaban J connectivity index is 1.78. The normalized spacial score (nSPS) is 23.1. The van der Waals surface area contributed by atoms with Crippen LogP contribution in [-0.4, -0.2) is 39.3 Å². The van der Waals surface area contributed by atoms with Crippen LogP contribution in [0, 0.1) is 0 Å². The molecule has 0 radical (unpaired) electrons. The summed E-state index contributed by atoms with van der Waals surface area (Å²) >= 11 is 0. The minimum absolute atomic E-state index is 0.224. The van der Waals surface area contributed by atoms with Gasteiger partial charge in [0.2, 0.25) is 0 Å². The van der Waals surface area contributed by atoms with Crippen LogP contribution in [0.1, 0.15) is 30.1 Å². The van der Waals surface area contributed by atoms with Crippen molar-refractivity contribution in [3.05, 3.63) is 18.0 Å². The number of ether oxygens (including phenoxy) is 2. The summed E-state index contributed by atoms with van der Waals surface area (Å²) in [6.07, 6.45) is 5.59. The zero-order valence-corrected chi connectivity index (χ0v) is 11.0. The fourth-order valence-corrected chi connectivity index (χ4v) is 2.55. The van der Waals surface area contributed by atoms with Crippen molar-refractivity contribution in [1.82, 2.24) is 14.6 Å². The number of hydrogen-bond donors (Lipinski definition) is 1. The van der Waals surface area contributed by atoms with Crippen molar-refractivity contribution >= 4 is 17.4 Å². The Morgan fingerprint density at radius 1 is 1.60 bits per heavy atom. The fourth-order valence-electron chi connectivity index (χ4n) is 2.55. The number of rotatable bonds is 2. The zero-order valence-electron chi connectivity index (χ0n) is 11.0. The molecule has 0 saturated heterocycles. The van der Waals surface area contributed by atoms with Gasteiger partial charge in [-0.3, -0.25) is 0 Å². The monoisotopic (exact) mass is 274 g/mol. The Bertz CT molecular complexity index is 696. The molecule has 0 bridgehead atoms. The van der Waals surface area contributed by atoms with E-state index in [0.29, 0.717) is 35.4 Å². The van der Waals surface area contributed by atoms with Crippen LogP contribution >= 0.6 is 0 Å². The third-order valence-corrected chi connectivity index (χ3v) is 3.77. The number of hydrogen-bond acceptors (Lipinski definition) is 6. The van der Waals surface area contributed by atoms with E-state index in [0.717, 1.165) is 12.8 Å². The van der Waals surface area contributed by atoms with Gasteiger partial charge in [0.25, 0.3) is 0 Å². The Morgan fingerprint density at radius 3 is 3.25 bits per heavy atom. The van der Waals surface area contributed by atoms with Gasteiger partial charge in [-0.2, -0.15) is 5.10 Å². The number of fused-ring (bicyclic) bond motifs is 3. The van der Waals surface area contributed by atoms with E-state index in [4.69, 9.17) is 9.47 Å². The summed E-state index contributed by atoms with van der Waals surface area (Å²) in [6.45, 7) is 2.09. The van der Waals surface area contributed by atoms with Crippen molar-refractivity contribution in [2.75, 3.05) is 11.9 Å². The van der Waals surface area contributed by atoms with Gasteiger partial charge in [0.05, 0.1) is 25.0 Å². The maximum atomic E-state index is 11.8. The molecule has 1 N–H and O–H groups in total. The molecule has 104 valence electrons. The molecule has 2 aromatic heterocycles. The maximum absolute atomic E-state index is 11.8. The SMILES string of the molecule is CCOC(=O)c1cnn2cc3c(nc12)NC1CCC1O3. The molecule has 1 aliphatic carbocycles. The molecule has 7 nitrogen and oxygen atoms in total. The van der Waals surface area contributed by atoms with E-state index >= 15 is 0 Å². The number of nitrogens with zero attached hydrogens (tertiary/aromatic N) is 3. The molecule has 1 aliphatic heterocycles. The maximum Gasteiger partial charge on any atom is 0.343 e. The summed E-state index contributed by atoms with van der Waals surface area (Å²) < 4.78 is 12.4. The van der Waals surface area contributed by atoms with Crippen LogP contribution in [0.5, 0.6) is 5.75 Å². The molecule has 2 unspecified atom stereocenters. The fraction of sp³-hybridized carbons (Fsp3) is 0.462. The Labute approximate surface area is 114 Å². The van der Waals surface area contributed by atoms with E-state index in [2.05, 4.69) is 15.4 Å². The van der Waals surface area contributed by atoms with Crippen molar-refractivity contribution in [3.8, 4) is 5.75 Å². The number of carbonyl (C=O) groups excluding carboxylic acids is 1. The third kappa shape index (κ3) is 1.55. The van der Waals surface area contributed by atoms with Gasteiger partial charge in [0.1, 0.15) is 11.7 Å². The van der Waals surface area contributed by atoms with E-state index in [-0.39, 0.29) is 6.10 Å². The first-order valence-electron chi connectivity index (χ1n) is 6.75. The smallest absolute Gasteiger partial charge is 0.343 e. The molecule has 4 rings (SSSR count). The molecule has 3 heterocycles. The molecular formula is C13H14N4O3. The van der Waals surface area contributed by atoms with Gasteiger partial charge in [0, 0.05) is 0 Å². The highest BCUT2D eigenvalue weighted by Crippen LogP contribution is 2.37. The summed E-state index contributed by atoms with van der Waals surface area (Å²) in [5, 5.41) is 7.48. The first-order valence-corrected chi connectivity index (χ1v) is 6.75. The van der Waals surface area contributed by atoms with Gasteiger partial charge in [-0.25, -0.2) is 14.3 Å². The lowest BCUT2D eigenvalue weighted by molar-refractivity contribution is 0.0528. The quantitative estimate of drug-likeness (QED) is 0.830. The van der Waals surface area contributed by atoms with Crippen LogP contribution < -0.4 is 10.1 Å². The van der Waals surface area contributed by atoms with Gasteiger partial charge in [-0.05, 0) is 19.8 Å². The van der Waals surface area contributed by atoms with E-state index in [1.165, 1.54) is 6.20 Å². The highest BCUT2D eigenvalue weighted by atomic mass is 16.5. The second kappa shape index (κ2) is 4.09. The second-order valence-electron chi connectivity index (χ2n) is 4.99. The topological polar surface area (TPSA) is 77.8 Å². The zero-order chi connectivity index (χ0) is 13.7. The van der Waals surface area contributed by atoms with Crippen molar-refractivity contribution < 1.29 is 14.3 Å². The molecule has 0 aromatic carbocycles. The predicted molar refractivity (Wildman–Crippen MR) is 70.0 cm³/mol. The van der Waals surface area contributed by atoms with Gasteiger partial charge >= 0.3 is 5.97 Å². The number of aromatic nitrogens is 3. The molecule has 2 atom stereocenters. The predicted octanol–water partition coefficient (Wildman–Crippen LogP) is 1.24. The average Bonchev–Trinajstić information content (AvgIpc) is 2.82. The molecule has 2 aliphatic rings. The van der Waals surface area contributed by atoms with Crippen LogP contribution in [0.2, 0.25) is 0 Å². The second-order valence-corrected chi connectivity index (χ2v) is 4.99. The highest BCUT2D eigenvalue weighted by molar-refractivity contribution is 5.95. The lowest BCUT2D eigenvalue weighted by Gasteiger charge is -2.41. The third-order valence-electron chi connectivity index (χ3n) is 3.77.